The van der Waals surface area contributed by atoms with Gasteiger partial charge in [0.25, 0.3) is 5.91 Å². The molecular weight excluding hydrogens is 288 g/mol. The van der Waals surface area contributed by atoms with E-state index < -0.39 is 0 Å². The van der Waals surface area contributed by atoms with Gasteiger partial charge in [-0.3, -0.25) is 9.59 Å². The number of anilines is 2. The van der Waals surface area contributed by atoms with Crippen molar-refractivity contribution in [2.45, 2.75) is 6.42 Å². The van der Waals surface area contributed by atoms with Crippen molar-refractivity contribution in [1.82, 2.24) is 0 Å². The van der Waals surface area contributed by atoms with Gasteiger partial charge in [0.05, 0.1) is 23.6 Å². The van der Waals surface area contributed by atoms with Crippen molar-refractivity contribution in [3.05, 3.63) is 40.6 Å². The standard InChI is InChI=1S/C15H14N2O3S/c1-17-11-9-10(16-15(19)13-3-2-8-21-13)4-5-12(11)20-7-6-14(17)18/h2-5,8-9H,6-7H2,1H3,(H,16,19). The summed E-state index contributed by atoms with van der Waals surface area (Å²) >= 11 is 1.38. The summed E-state index contributed by atoms with van der Waals surface area (Å²) < 4.78 is 5.55. The van der Waals surface area contributed by atoms with E-state index in [0.29, 0.717) is 35.0 Å². The Morgan fingerprint density at radius 3 is 3.00 bits per heavy atom. The average Bonchev–Trinajstić information content (AvgIpc) is 2.97. The maximum Gasteiger partial charge on any atom is 0.265 e. The molecule has 0 aliphatic carbocycles. The summed E-state index contributed by atoms with van der Waals surface area (Å²) in [5, 5.41) is 4.68. The summed E-state index contributed by atoms with van der Waals surface area (Å²) in [6.07, 6.45) is 0.349. The normalized spacial score (nSPS) is 14.1. The van der Waals surface area contributed by atoms with Gasteiger partial charge >= 0.3 is 0 Å². The van der Waals surface area contributed by atoms with Crippen LogP contribution in [0.5, 0.6) is 5.75 Å². The molecule has 1 N–H and O–H groups in total. The average molecular weight is 302 g/mol. The minimum atomic E-state index is -0.159. The van der Waals surface area contributed by atoms with Crippen LogP contribution < -0.4 is 15.0 Å². The molecule has 0 fully saturated rings. The number of hydrogen-bond donors (Lipinski definition) is 1. The van der Waals surface area contributed by atoms with Gasteiger partial charge in [0.1, 0.15) is 5.75 Å². The number of nitrogens with zero attached hydrogens (tertiary/aromatic N) is 1. The first-order valence-corrected chi connectivity index (χ1v) is 7.41. The van der Waals surface area contributed by atoms with Crippen molar-refractivity contribution in [1.29, 1.82) is 0 Å². The Kier molecular flexibility index (Phi) is 3.62. The maximum absolute atomic E-state index is 12.0. The van der Waals surface area contributed by atoms with E-state index in [1.165, 1.54) is 11.3 Å². The summed E-state index contributed by atoms with van der Waals surface area (Å²) in [7, 11) is 1.71. The molecule has 1 aliphatic rings. The number of thiophene rings is 1. The van der Waals surface area contributed by atoms with E-state index >= 15 is 0 Å². The summed E-state index contributed by atoms with van der Waals surface area (Å²) in [6.45, 7) is 0.372. The molecule has 0 radical (unpaired) electrons. The van der Waals surface area contributed by atoms with E-state index in [0.717, 1.165) is 0 Å². The molecule has 21 heavy (non-hydrogen) atoms. The SMILES string of the molecule is CN1C(=O)CCOc2ccc(NC(=O)c3cccs3)cc21. The molecule has 1 aliphatic heterocycles. The van der Waals surface area contributed by atoms with Crippen molar-refractivity contribution in [3.8, 4) is 5.75 Å². The number of carbonyl (C=O) groups excluding carboxylic acids is 2. The van der Waals surface area contributed by atoms with Crippen molar-refractivity contribution >= 4 is 34.5 Å². The van der Waals surface area contributed by atoms with Gasteiger partial charge in [-0.25, -0.2) is 0 Å². The van der Waals surface area contributed by atoms with Crippen molar-refractivity contribution in [2.75, 3.05) is 23.9 Å². The second-order valence-electron chi connectivity index (χ2n) is 4.67. The Morgan fingerprint density at radius 2 is 2.24 bits per heavy atom. The first-order chi connectivity index (χ1) is 10.1. The second kappa shape index (κ2) is 5.57. The van der Waals surface area contributed by atoms with E-state index in [1.54, 1.807) is 36.2 Å². The Bertz CT molecular complexity index is 682. The molecule has 0 spiro atoms. The highest BCUT2D eigenvalue weighted by Crippen LogP contribution is 2.33. The summed E-state index contributed by atoms with van der Waals surface area (Å²) in [6, 6.07) is 8.89. The molecule has 0 bridgehead atoms. The lowest BCUT2D eigenvalue weighted by Gasteiger charge is -2.17. The zero-order valence-electron chi connectivity index (χ0n) is 11.5. The minimum absolute atomic E-state index is 0.00418. The molecule has 2 heterocycles. The molecule has 1 aromatic heterocycles. The van der Waals surface area contributed by atoms with Gasteiger partial charge in [0, 0.05) is 12.7 Å². The number of nitrogens with one attached hydrogen (secondary N) is 1. The highest BCUT2D eigenvalue weighted by Gasteiger charge is 2.20. The van der Waals surface area contributed by atoms with E-state index in [4.69, 9.17) is 4.74 Å². The molecule has 3 rings (SSSR count). The lowest BCUT2D eigenvalue weighted by atomic mass is 10.2. The Balaban J connectivity index is 1.87. The number of rotatable bonds is 2. The number of carbonyl (C=O) groups is 2. The van der Waals surface area contributed by atoms with Crippen LogP contribution in [0.1, 0.15) is 16.1 Å². The van der Waals surface area contributed by atoms with Crippen LogP contribution in [0.4, 0.5) is 11.4 Å². The van der Waals surface area contributed by atoms with Crippen molar-refractivity contribution in [2.24, 2.45) is 0 Å². The van der Waals surface area contributed by atoms with Crippen molar-refractivity contribution < 1.29 is 14.3 Å². The fourth-order valence-corrected chi connectivity index (χ4v) is 2.75. The summed E-state index contributed by atoms with van der Waals surface area (Å²) in [4.78, 5) is 26.1. The number of benzene rings is 1. The van der Waals surface area contributed by atoms with Gasteiger partial charge in [-0.2, -0.15) is 0 Å². The molecular formula is C15H14N2O3S. The van der Waals surface area contributed by atoms with Crippen LogP contribution in [-0.4, -0.2) is 25.5 Å². The number of ether oxygens (including phenoxy) is 1. The first kappa shape index (κ1) is 13.6. The molecule has 5 nitrogen and oxygen atoms in total. The zero-order valence-corrected chi connectivity index (χ0v) is 12.3. The monoisotopic (exact) mass is 302 g/mol. The van der Waals surface area contributed by atoms with Gasteiger partial charge in [-0.1, -0.05) is 6.07 Å². The number of amides is 2. The lowest BCUT2D eigenvalue weighted by Crippen LogP contribution is -2.25. The van der Waals surface area contributed by atoms with Crippen LogP contribution in [0, 0.1) is 0 Å². The summed E-state index contributed by atoms with van der Waals surface area (Å²) in [5.74, 6) is 0.487. The van der Waals surface area contributed by atoms with E-state index in [-0.39, 0.29) is 11.8 Å². The van der Waals surface area contributed by atoms with Crippen LogP contribution in [0.25, 0.3) is 0 Å². The van der Waals surface area contributed by atoms with Crippen LogP contribution in [0.15, 0.2) is 35.7 Å². The van der Waals surface area contributed by atoms with Crippen LogP contribution in [-0.2, 0) is 4.79 Å². The first-order valence-electron chi connectivity index (χ1n) is 6.53. The number of fused-ring (bicyclic) bond motifs is 1. The molecule has 0 atom stereocenters. The van der Waals surface area contributed by atoms with Crippen LogP contribution >= 0.6 is 11.3 Å². The highest BCUT2D eigenvalue weighted by atomic mass is 32.1. The topological polar surface area (TPSA) is 58.6 Å². The Morgan fingerprint density at radius 1 is 1.38 bits per heavy atom. The van der Waals surface area contributed by atoms with Gasteiger partial charge in [-0.05, 0) is 29.6 Å². The molecule has 108 valence electrons. The molecule has 0 unspecified atom stereocenters. The summed E-state index contributed by atoms with van der Waals surface area (Å²) in [5.41, 5.74) is 1.30. The predicted molar refractivity (Wildman–Crippen MR) is 82.2 cm³/mol. The predicted octanol–water partition coefficient (Wildman–Crippen LogP) is 2.75. The largest absolute Gasteiger partial charge is 0.491 e. The van der Waals surface area contributed by atoms with Gasteiger partial charge in [-0.15, -0.1) is 11.3 Å². The van der Waals surface area contributed by atoms with Gasteiger partial charge < -0.3 is 15.0 Å². The highest BCUT2D eigenvalue weighted by molar-refractivity contribution is 7.12. The third kappa shape index (κ3) is 2.75. The Labute approximate surface area is 126 Å². The van der Waals surface area contributed by atoms with E-state index in [9.17, 15) is 9.59 Å². The lowest BCUT2D eigenvalue weighted by molar-refractivity contribution is -0.118. The van der Waals surface area contributed by atoms with E-state index in [1.807, 2.05) is 11.4 Å². The van der Waals surface area contributed by atoms with Gasteiger partial charge in [0.2, 0.25) is 5.91 Å². The fourth-order valence-electron chi connectivity index (χ4n) is 2.13. The second-order valence-corrected chi connectivity index (χ2v) is 5.61. The maximum atomic E-state index is 12.0. The number of hydrogen-bond acceptors (Lipinski definition) is 4. The minimum Gasteiger partial charge on any atom is -0.491 e. The third-order valence-corrected chi connectivity index (χ3v) is 4.14. The smallest absolute Gasteiger partial charge is 0.265 e. The quantitative estimate of drug-likeness (QED) is 0.928. The van der Waals surface area contributed by atoms with E-state index in [2.05, 4.69) is 5.32 Å². The molecule has 1 aromatic carbocycles. The molecule has 0 saturated carbocycles. The molecule has 6 heteroatoms. The molecule has 2 amide bonds. The van der Waals surface area contributed by atoms with Crippen molar-refractivity contribution in [3.63, 3.8) is 0 Å². The molecule has 0 saturated heterocycles. The molecule has 2 aromatic rings. The third-order valence-electron chi connectivity index (χ3n) is 3.27. The Hall–Kier alpha value is -2.34. The van der Waals surface area contributed by atoms with Crippen LogP contribution in [0.2, 0.25) is 0 Å². The zero-order chi connectivity index (χ0) is 14.8. The van der Waals surface area contributed by atoms with Gasteiger partial charge in [0.15, 0.2) is 0 Å². The fraction of sp³-hybridized carbons (Fsp3) is 0.200. The van der Waals surface area contributed by atoms with Crippen LogP contribution in [0.3, 0.4) is 0 Å².